The van der Waals surface area contributed by atoms with Crippen molar-refractivity contribution in [1.29, 1.82) is 0 Å². The highest BCUT2D eigenvalue weighted by atomic mass is 15.0. The predicted molar refractivity (Wildman–Crippen MR) is 196 cm³/mol. The Morgan fingerprint density at radius 1 is 0.283 bits per heavy atom. The molecule has 0 amide bonds. The molecule has 0 N–H and O–H groups in total. The van der Waals surface area contributed by atoms with Crippen LogP contribution >= 0.6 is 0 Å². The molecule has 10 aromatic rings. The molecule has 0 saturated heterocycles. The monoisotopic (exact) mass is 584 g/mol. The molecule has 2 nitrogen and oxygen atoms in total. The third-order valence-corrected chi connectivity index (χ3v) is 9.69. The zero-order chi connectivity index (χ0) is 30.2. The summed E-state index contributed by atoms with van der Waals surface area (Å²) in [5.41, 5.74) is 9.69. The lowest BCUT2D eigenvalue weighted by Gasteiger charge is -2.14. The quantitative estimate of drug-likeness (QED) is 0.195. The number of hydrogen-bond acceptors (Lipinski definition) is 0. The number of fused-ring (bicyclic) bond motifs is 10. The zero-order valence-corrected chi connectivity index (χ0v) is 25.1. The van der Waals surface area contributed by atoms with E-state index >= 15 is 0 Å². The normalized spacial score (nSPS) is 11.9. The van der Waals surface area contributed by atoms with Crippen molar-refractivity contribution in [3.8, 4) is 22.5 Å². The molecule has 0 unspecified atom stereocenters. The lowest BCUT2D eigenvalue weighted by molar-refractivity contribution is 1.15. The fraction of sp³-hybridized carbons (Fsp3) is 0. The van der Waals surface area contributed by atoms with Crippen LogP contribution in [0.2, 0.25) is 0 Å². The number of benzene rings is 8. The minimum absolute atomic E-state index is 1.15. The molecule has 0 radical (unpaired) electrons. The van der Waals surface area contributed by atoms with E-state index < -0.39 is 0 Å². The van der Waals surface area contributed by atoms with E-state index in [0.29, 0.717) is 0 Å². The van der Waals surface area contributed by atoms with E-state index in [1.807, 2.05) is 0 Å². The van der Waals surface area contributed by atoms with Crippen molar-refractivity contribution >= 4 is 65.2 Å². The standard InChI is InChI=1S/C44H28N2/c1-2-14-32(15-3-1)46-42-36-17-7-5-12-30(36)23-26-39(42)40-28-27-38-37-18-8-9-20-41(37)45(43(38)44(40)46)33-24-21-31(22-25-33)35-19-10-13-29-11-4-6-16-34(29)35/h1-28H. The molecule has 0 aliphatic carbocycles. The summed E-state index contributed by atoms with van der Waals surface area (Å²) in [7, 11) is 0. The number of hydrogen-bond donors (Lipinski definition) is 0. The maximum atomic E-state index is 2.50. The summed E-state index contributed by atoms with van der Waals surface area (Å²) in [4.78, 5) is 0. The molecule has 0 spiro atoms. The molecule has 0 atom stereocenters. The Labute approximate surface area is 266 Å². The topological polar surface area (TPSA) is 9.86 Å². The average Bonchev–Trinajstić information content (AvgIpc) is 3.65. The van der Waals surface area contributed by atoms with Crippen molar-refractivity contribution in [2.45, 2.75) is 0 Å². The Morgan fingerprint density at radius 3 is 1.63 bits per heavy atom. The highest BCUT2D eigenvalue weighted by Gasteiger charge is 2.22. The molecule has 8 aromatic carbocycles. The fourth-order valence-electron chi connectivity index (χ4n) is 7.68. The van der Waals surface area contributed by atoms with Crippen molar-refractivity contribution in [1.82, 2.24) is 9.13 Å². The summed E-state index contributed by atoms with van der Waals surface area (Å²) < 4.78 is 4.97. The summed E-state index contributed by atoms with van der Waals surface area (Å²) in [6.45, 7) is 0. The van der Waals surface area contributed by atoms with Crippen LogP contribution in [0, 0.1) is 0 Å². The SMILES string of the molecule is c1ccc(-n2c3c4ccccc4ccc3c3ccc4c5ccccc5n(-c5ccc(-c6cccc7ccccc67)cc5)c4c32)cc1. The van der Waals surface area contributed by atoms with Gasteiger partial charge in [-0.2, -0.15) is 0 Å². The summed E-state index contributed by atoms with van der Waals surface area (Å²) in [5, 5.41) is 10.1. The van der Waals surface area contributed by atoms with Gasteiger partial charge in [0.1, 0.15) is 0 Å². The van der Waals surface area contributed by atoms with Crippen LogP contribution in [0.1, 0.15) is 0 Å². The van der Waals surface area contributed by atoms with Crippen LogP contribution < -0.4 is 0 Å². The first kappa shape index (κ1) is 25.2. The van der Waals surface area contributed by atoms with Crippen molar-refractivity contribution < 1.29 is 0 Å². The van der Waals surface area contributed by atoms with Crippen LogP contribution in [-0.2, 0) is 0 Å². The minimum atomic E-state index is 1.15. The van der Waals surface area contributed by atoms with Crippen molar-refractivity contribution in [2.75, 3.05) is 0 Å². The van der Waals surface area contributed by atoms with Crippen LogP contribution in [-0.4, -0.2) is 9.13 Å². The Hall–Kier alpha value is -6.12. The maximum absolute atomic E-state index is 2.50. The molecule has 10 rings (SSSR count). The second kappa shape index (κ2) is 9.69. The summed E-state index contributed by atoms with van der Waals surface area (Å²) in [6.07, 6.45) is 0. The molecule has 2 aromatic heterocycles. The summed E-state index contributed by atoms with van der Waals surface area (Å²) in [6, 6.07) is 61.9. The molecule has 0 saturated carbocycles. The van der Waals surface area contributed by atoms with Crippen molar-refractivity contribution in [3.05, 3.63) is 170 Å². The zero-order valence-electron chi connectivity index (χ0n) is 25.1. The van der Waals surface area contributed by atoms with Gasteiger partial charge >= 0.3 is 0 Å². The Bertz CT molecular complexity index is 2770. The molecule has 0 bridgehead atoms. The first-order chi connectivity index (χ1) is 22.8. The number of nitrogens with zero attached hydrogens (tertiary/aromatic N) is 2. The molecule has 214 valence electrons. The van der Waals surface area contributed by atoms with Gasteiger partial charge in [-0.15, -0.1) is 0 Å². The number of rotatable bonds is 3. The Balaban J connectivity index is 1.33. The second-order valence-electron chi connectivity index (χ2n) is 12.1. The van der Waals surface area contributed by atoms with Crippen LogP contribution in [0.3, 0.4) is 0 Å². The van der Waals surface area contributed by atoms with Crippen LogP contribution in [0.15, 0.2) is 170 Å². The van der Waals surface area contributed by atoms with Crippen LogP contribution in [0.25, 0.3) is 87.7 Å². The van der Waals surface area contributed by atoms with E-state index in [4.69, 9.17) is 0 Å². The van der Waals surface area contributed by atoms with Gasteiger partial charge in [0.15, 0.2) is 0 Å². The number of aromatic nitrogens is 2. The minimum Gasteiger partial charge on any atom is -0.307 e. The van der Waals surface area contributed by atoms with Gasteiger partial charge in [0.05, 0.1) is 22.1 Å². The molecule has 0 aliphatic rings. The third kappa shape index (κ3) is 3.53. The lowest BCUT2D eigenvalue weighted by Crippen LogP contribution is -1.99. The van der Waals surface area contributed by atoms with E-state index in [1.54, 1.807) is 0 Å². The van der Waals surface area contributed by atoms with Crippen molar-refractivity contribution in [2.24, 2.45) is 0 Å². The van der Waals surface area contributed by atoms with E-state index in [1.165, 1.54) is 76.3 Å². The molecule has 0 aliphatic heterocycles. The molecule has 2 heterocycles. The third-order valence-electron chi connectivity index (χ3n) is 9.69. The molecule has 0 fully saturated rings. The highest BCUT2D eigenvalue weighted by molar-refractivity contribution is 6.26. The van der Waals surface area contributed by atoms with Gasteiger partial charge in [-0.3, -0.25) is 0 Å². The van der Waals surface area contributed by atoms with E-state index in [-0.39, 0.29) is 0 Å². The molecular formula is C44H28N2. The Morgan fingerprint density at radius 2 is 0.826 bits per heavy atom. The fourth-order valence-corrected chi connectivity index (χ4v) is 7.68. The predicted octanol–water partition coefficient (Wildman–Crippen LogP) is 11.9. The van der Waals surface area contributed by atoms with Gasteiger partial charge in [-0.1, -0.05) is 140 Å². The van der Waals surface area contributed by atoms with E-state index in [9.17, 15) is 0 Å². The van der Waals surface area contributed by atoms with Gasteiger partial charge in [0.25, 0.3) is 0 Å². The molecule has 2 heteroatoms. The van der Waals surface area contributed by atoms with Gasteiger partial charge in [-0.25, -0.2) is 0 Å². The molecular weight excluding hydrogens is 556 g/mol. The summed E-state index contributed by atoms with van der Waals surface area (Å²) >= 11 is 0. The average molecular weight is 585 g/mol. The van der Waals surface area contributed by atoms with Gasteiger partial charge in [0, 0.05) is 38.3 Å². The summed E-state index contributed by atoms with van der Waals surface area (Å²) in [5.74, 6) is 0. The van der Waals surface area contributed by atoms with Crippen LogP contribution in [0.4, 0.5) is 0 Å². The Kier molecular flexibility index (Phi) is 5.31. The van der Waals surface area contributed by atoms with Crippen molar-refractivity contribution in [3.63, 3.8) is 0 Å². The van der Waals surface area contributed by atoms with Gasteiger partial charge < -0.3 is 9.13 Å². The van der Waals surface area contributed by atoms with Crippen LogP contribution in [0.5, 0.6) is 0 Å². The first-order valence-corrected chi connectivity index (χ1v) is 15.9. The smallest absolute Gasteiger partial charge is 0.0789 e. The van der Waals surface area contributed by atoms with E-state index in [0.717, 1.165) is 11.4 Å². The lowest BCUT2D eigenvalue weighted by atomic mass is 9.98. The second-order valence-corrected chi connectivity index (χ2v) is 12.1. The highest BCUT2D eigenvalue weighted by Crippen LogP contribution is 2.43. The van der Waals surface area contributed by atoms with Gasteiger partial charge in [0.2, 0.25) is 0 Å². The number of para-hydroxylation sites is 2. The van der Waals surface area contributed by atoms with Gasteiger partial charge in [-0.05, 0) is 57.6 Å². The molecule has 46 heavy (non-hydrogen) atoms. The maximum Gasteiger partial charge on any atom is 0.0789 e. The first-order valence-electron chi connectivity index (χ1n) is 15.9. The largest absolute Gasteiger partial charge is 0.307 e. The van der Waals surface area contributed by atoms with E-state index in [2.05, 4.69) is 179 Å².